The summed E-state index contributed by atoms with van der Waals surface area (Å²) in [5.74, 6) is -0.635. The van der Waals surface area contributed by atoms with E-state index in [2.05, 4.69) is 10.3 Å². The highest BCUT2D eigenvalue weighted by Crippen LogP contribution is 2.24. The Morgan fingerprint density at radius 3 is 2.22 bits per heavy atom. The molecule has 0 saturated heterocycles. The summed E-state index contributed by atoms with van der Waals surface area (Å²) >= 11 is 0. The van der Waals surface area contributed by atoms with Crippen molar-refractivity contribution in [3.63, 3.8) is 0 Å². The number of aromatic nitrogens is 1. The molecule has 1 heterocycles. The normalized spacial score (nSPS) is 12.7. The zero-order valence-corrected chi connectivity index (χ0v) is 12.6. The lowest BCUT2D eigenvalue weighted by atomic mass is 9.98. The van der Waals surface area contributed by atoms with Crippen LogP contribution in [0.5, 0.6) is 0 Å². The molecule has 0 aliphatic rings. The van der Waals surface area contributed by atoms with Crippen LogP contribution in [-0.2, 0) is 4.79 Å². The number of rotatable bonds is 5. The number of hydrogen-bond acceptors (Lipinski definition) is 2. The fraction of sp³-hybridized carbons (Fsp3) is 0.294. The number of aryl methyl sites for hydroxylation is 1. The summed E-state index contributed by atoms with van der Waals surface area (Å²) in [5, 5.41) is 2.67. The minimum atomic E-state index is -4.34. The summed E-state index contributed by atoms with van der Waals surface area (Å²) in [5.41, 5.74) is 2.64. The first-order chi connectivity index (χ1) is 10.8. The van der Waals surface area contributed by atoms with Gasteiger partial charge >= 0.3 is 6.18 Å². The Balaban J connectivity index is 2.18. The quantitative estimate of drug-likeness (QED) is 0.906. The molecule has 1 amide bonds. The van der Waals surface area contributed by atoms with Gasteiger partial charge in [-0.3, -0.25) is 9.78 Å². The van der Waals surface area contributed by atoms with Gasteiger partial charge in [-0.1, -0.05) is 29.8 Å². The van der Waals surface area contributed by atoms with E-state index in [0.717, 1.165) is 16.7 Å². The highest BCUT2D eigenvalue weighted by molar-refractivity contribution is 5.77. The fourth-order valence-electron chi connectivity index (χ4n) is 2.16. The van der Waals surface area contributed by atoms with Crippen LogP contribution < -0.4 is 5.32 Å². The van der Waals surface area contributed by atoms with Crippen molar-refractivity contribution in [2.24, 2.45) is 0 Å². The molecule has 23 heavy (non-hydrogen) atoms. The minimum absolute atomic E-state index is 0.501. The molecule has 1 N–H and O–H groups in total. The Labute approximate surface area is 132 Å². The number of nitrogens with zero attached hydrogens (tertiary/aromatic N) is 1. The standard InChI is InChI=1S/C17H17F3N2O/c1-12-2-4-13(5-3-12)16(14-7-10-21-11-8-14)22-15(23)6-9-17(18,19)20/h2-5,7-8,10-11,16H,6,9H2,1H3,(H,22,23)/t16-/m1/s1. The third kappa shape index (κ3) is 5.39. The van der Waals surface area contributed by atoms with Gasteiger partial charge in [0.1, 0.15) is 0 Å². The van der Waals surface area contributed by atoms with Gasteiger partial charge < -0.3 is 5.32 Å². The Morgan fingerprint density at radius 1 is 1.09 bits per heavy atom. The zero-order valence-electron chi connectivity index (χ0n) is 12.6. The van der Waals surface area contributed by atoms with Crippen LogP contribution in [0.2, 0.25) is 0 Å². The molecule has 3 nitrogen and oxygen atoms in total. The lowest BCUT2D eigenvalue weighted by molar-refractivity contribution is -0.144. The number of pyridine rings is 1. The monoisotopic (exact) mass is 322 g/mol. The number of nitrogens with one attached hydrogen (secondary N) is 1. The number of carbonyl (C=O) groups excluding carboxylic acids is 1. The molecule has 1 aromatic heterocycles. The second kappa shape index (κ2) is 7.26. The molecule has 2 aromatic rings. The second-order valence-electron chi connectivity index (χ2n) is 5.31. The lowest BCUT2D eigenvalue weighted by Gasteiger charge is -2.20. The first-order valence-electron chi connectivity index (χ1n) is 7.18. The Hall–Kier alpha value is -2.37. The van der Waals surface area contributed by atoms with E-state index in [1.165, 1.54) is 0 Å². The summed E-state index contributed by atoms with van der Waals surface area (Å²) in [7, 11) is 0. The van der Waals surface area contributed by atoms with E-state index < -0.39 is 31.0 Å². The lowest BCUT2D eigenvalue weighted by Crippen LogP contribution is -2.30. The van der Waals surface area contributed by atoms with Crippen LogP contribution in [0.25, 0.3) is 0 Å². The smallest absolute Gasteiger partial charge is 0.345 e. The minimum Gasteiger partial charge on any atom is -0.345 e. The van der Waals surface area contributed by atoms with E-state index in [4.69, 9.17) is 0 Å². The van der Waals surface area contributed by atoms with Gasteiger partial charge in [0.05, 0.1) is 12.5 Å². The first kappa shape index (κ1) is 17.0. The van der Waals surface area contributed by atoms with Gasteiger partial charge in [0, 0.05) is 18.8 Å². The summed E-state index contributed by atoms with van der Waals surface area (Å²) in [6.07, 6.45) is -2.89. The topological polar surface area (TPSA) is 42.0 Å². The molecule has 0 unspecified atom stereocenters. The Morgan fingerprint density at radius 2 is 1.65 bits per heavy atom. The zero-order chi connectivity index (χ0) is 16.9. The van der Waals surface area contributed by atoms with Crippen molar-refractivity contribution in [3.05, 3.63) is 65.5 Å². The van der Waals surface area contributed by atoms with Gasteiger partial charge in [0.15, 0.2) is 0 Å². The Bertz CT molecular complexity index is 639. The molecule has 0 saturated carbocycles. The molecule has 1 atom stereocenters. The molecule has 0 spiro atoms. The molecule has 0 fully saturated rings. The molecule has 0 radical (unpaired) electrons. The van der Waals surface area contributed by atoms with Crippen molar-refractivity contribution >= 4 is 5.91 Å². The van der Waals surface area contributed by atoms with Crippen molar-refractivity contribution in [2.45, 2.75) is 32.0 Å². The van der Waals surface area contributed by atoms with Crippen molar-refractivity contribution in [2.75, 3.05) is 0 Å². The molecule has 0 aliphatic carbocycles. The second-order valence-corrected chi connectivity index (χ2v) is 5.31. The molecule has 2 rings (SSSR count). The summed E-state index contributed by atoms with van der Waals surface area (Å²) in [6.45, 7) is 1.94. The van der Waals surface area contributed by atoms with Gasteiger partial charge in [-0.25, -0.2) is 0 Å². The van der Waals surface area contributed by atoms with Crippen LogP contribution in [0.4, 0.5) is 13.2 Å². The molecule has 122 valence electrons. The predicted octanol–water partition coefficient (Wildman–Crippen LogP) is 3.94. The number of amides is 1. The van der Waals surface area contributed by atoms with E-state index in [9.17, 15) is 18.0 Å². The number of hydrogen-bond donors (Lipinski definition) is 1. The van der Waals surface area contributed by atoms with Crippen molar-refractivity contribution in [1.82, 2.24) is 10.3 Å². The SMILES string of the molecule is Cc1ccc([C@@H](NC(=O)CCC(F)(F)F)c2ccncc2)cc1. The van der Waals surface area contributed by atoms with Crippen LogP contribution in [0.3, 0.4) is 0 Å². The Kier molecular flexibility index (Phi) is 5.36. The van der Waals surface area contributed by atoms with Gasteiger partial charge in [-0.05, 0) is 30.2 Å². The largest absolute Gasteiger partial charge is 0.389 e. The van der Waals surface area contributed by atoms with E-state index in [-0.39, 0.29) is 0 Å². The highest BCUT2D eigenvalue weighted by atomic mass is 19.4. The average molecular weight is 322 g/mol. The van der Waals surface area contributed by atoms with Gasteiger partial charge in [-0.2, -0.15) is 13.2 Å². The van der Waals surface area contributed by atoms with Gasteiger partial charge in [-0.15, -0.1) is 0 Å². The van der Waals surface area contributed by atoms with Gasteiger partial charge in [0.2, 0.25) is 5.91 Å². The number of halogens is 3. The van der Waals surface area contributed by atoms with E-state index >= 15 is 0 Å². The maximum atomic E-state index is 12.3. The van der Waals surface area contributed by atoms with Crippen LogP contribution in [0.15, 0.2) is 48.8 Å². The van der Waals surface area contributed by atoms with E-state index in [0.29, 0.717) is 0 Å². The molecular weight excluding hydrogens is 305 g/mol. The van der Waals surface area contributed by atoms with Crippen LogP contribution in [-0.4, -0.2) is 17.1 Å². The third-order valence-corrected chi connectivity index (χ3v) is 3.39. The van der Waals surface area contributed by atoms with Crippen LogP contribution >= 0.6 is 0 Å². The first-order valence-corrected chi connectivity index (χ1v) is 7.18. The van der Waals surface area contributed by atoms with Crippen LogP contribution in [0, 0.1) is 6.92 Å². The molecular formula is C17H17F3N2O. The van der Waals surface area contributed by atoms with Crippen LogP contribution in [0.1, 0.15) is 35.6 Å². The maximum absolute atomic E-state index is 12.3. The fourth-order valence-corrected chi connectivity index (χ4v) is 2.16. The van der Waals surface area contributed by atoms with Gasteiger partial charge in [0.25, 0.3) is 0 Å². The number of benzene rings is 1. The summed E-state index contributed by atoms with van der Waals surface area (Å²) in [4.78, 5) is 15.8. The number of carbonyl (C=O) groups is 1. The van der Waals surface area contributed by atoms with Crippen molar-refractivity contribution in [1.29, 1.82) is 0 Å². The molecule has 0 bridgehead atoms. The average Bonchev–Trinajstić information content (AvgIpc) is 2.52. The summed E-state index contributed by atoms with van der Waals surface area (Å²) in [6, 6.07) is 10.5. The third-order valence-electron chi connectivity index (χ3n) is 3.39. The maximum Gasteiger partial charge on any atom is 0.389 e. The van der Waals surface area contributed by atoms with Crippen molar-refractivity contribution < 1.29 is 18.0 Å². The molecule has 6 heteroatoms. The predicted molar refractivity (Wildman–Crippen MR) is 80.7 cm³/mol. The number of alkyl halides is 3. The molecule has 0 aliphatic heterocycles. The van der Waals surface area contributed by atoms with Crippen molar-refractivity contribution in [3.8, 4) is 0 Å². The molecule has 1 aromatic carbocycles. The highest BCUT2D eigenvalue weighted by Gasteiger charge is 2.28. The van der Waals surface area contributed by atoms with E-state index in [1.54, 1.807) is 24.5 Å². The summed E-state index contributed by atoms with van der Waals surface area (Å²) < 4.78 is 36.8. The van der Waals surface area contributed by atoms with E-state index in [1.807, 2.05) is 31.2 Å².